The lowest BCUT2D eigenvalue weighted by molar-refractivity contribution is -0.0826. The molecular weight excluding hydrogens is 288 g/mol. The molecule has 0 amide bonds. The van der Waals surface area contributed by atoms with Gasteiger partial charge < -0.3 is 9.47 Å². The number of fused-ring (bicyclic) bond motifs is 1. The van der Waals surface area contributed by atoms with E-state index in [2.05, 4.69) is 42.9 Å². The van der Waals surface area contributed by atoms with Crippen molar-refractivity contribution in [1.82, 2.24) is 10.0 Å². The lowest BCUT2D eigenvalue weighted by Gasteiger charge is -2.44. The van der Waals surface area contributed by atoms with Crippen LogP contribution in [0.15, 0.2) is 12.1 Å². The molecule has 0 unspecified atom stereocenters. The van der Waals surface area contributed by atoms with Gasteiger partial charge in [-0.3, -0.25) is 0 Å². The smallest absolute Gasteiger partial charge is 0.161 e. The molecule has 0 bridgehead atoms. The van der Waals surface area contributed by atoms with Crippen molar-refractivity contribution in [2.45, 2.75) is 52.1 Å². The molecule has 0 spiro atoms. The van der Waals surface area contributed by atoms with Crippen molar-refractivity contribution in [3.05, 3.63) is 23.3 Å². The van der Waals surface area contributed by atoms with Gasteiger partial charge in [-0.1, -0.05) is 13.8 Å². The maximum absolute atomic E-state index is 5.51. The van der Waals surface area contributed by atoms with Crippen LogP contribution in [0.4, 0.5) is 0 Å². The number of hydrazine groups is 1. The van der Waals surface area contributed by atoms with E-state index in [4.69, 9.17) is 9.47 Å². The predicted octanol–water partition coefficient (Wildman–Crippen LogP) is 3.66. The summed E-state index contributed by atoms with van der Waals surface area (Å²) >= 11 is 0. The Kier molecular flexibility index (Phi) is 4.83. The zero-order chi connectivity index (χ0) is 16.6. The van der Waals surface area contributed by atoms with E-state index < -0.39 is 0 Å². The van der Waals surface area contributed by atoms with Gasteiger partial charge in [-0.05, 0) is 55.4 Å². The fraction of sp³-hybridized carbons (Fsp3) is 0.684. The van der Waals surface area contributed by atoms with Gasteiger partial charge in [0.05, 0.1) is 14.2 Å². The highest BCUT2D eigenvalue weighted by atomic mass is 16.5. The van der Waals surface area contributed by atoms with Crippen molar-refractivity contribution in [3.63, 3.8) is 0 Å². The lowest BCUT2D eigenvalue weighted by atomic mass is 9.93. The predicted molar refractivity (Wildman–Crippen MR) is 92.9 cm³/mol. The third-order valence-electron chi connectivity index (χ3n) is 5.52. The molecule has 1 saturated heterocycles. The van der Waals surface area contributed by atoms with Gasteiger partial charge in [-0.25, -0.2) is 10.0 Å². The standard InChI is InChI=1S/C19H30N2O2/c1-13(2)17-7-6-9-21(17)20-10-8-15-11-18(22-4)19(23-5)12-16(15)14(20)3/h11-14,17H,6-10H2,1-5H3/t14-,17+/m1/s1. The number of nitrogens with zero attached hydrogens (tertiary/aromatic N) is 2. The molecule has 4 heteroatoms. The van der Waals surface area contributed by atoms with Gasteiger partial charge in [0.15, 0.2) is 11.5 Å². The molecule has 23 heavy (non-hydrogen) atoms. The van der Waals surface area contributed by atoms with Gasteiger partial charge >= 0.3 is 0 Å². The van der Waals surface area contributed by atoms with Crippen LogP contribution in [0.25, 0.3) is 0 Å². The Morgan fingerprint density at radius 1 is 1.04 bits per heavy atom. The SMILES string of the molecule is COc1cc2c(cc1OC)[C@@H](C)N(N1CCC[C@H]1C(C)C)CC2. The first kappa shape index (κ1) is 16.6. The number of methoxy groups -OCH3 is 2. The van der Waals surface area contributed by atoms with Gasteiger partial charge in [0, 0.05) is 25.2 Å². The van der Waals surface area contributed by atoms with Crippen LogP contribution in [0.3, 0.4) is 0 Å². The Morgan fingerprint density at radius 2 is 1.74 bits per heavy atom. The molecule has 2 aliphatic rings. The van der Waals surface area contributed by atoms with Crippen LogP contribution >= 0.6 is 0 Å². The fourth-order valence-electron chi connectivity index (χ4n) is 4.26. The molecule has 4 nitrogen and oxygen atoms in total. The Labute approximate surface area is 140 Å². The monoisotopic (exact) mass is 318 g/mol. The second-order valence-electron chi connectivity index (χ2n) is 7.11. The Bertz CT molecular complexity index is 559. The van der Waals surface area contributed by atoms with Crippen LogP contribution in [0.2, 0.25) is 0 Å². The summed E-state index contributed by atoms with van der Waals surface area (Å²) in [5.41, 5.74) is 2.77. The van der Waals surface area contributed by atoms with E-state index in [1.54, 1.807) is 14.2 Å². The summed E-state index contributed by atoms with van der Waals surface area (Å²) in [4.78, 5) is 0. The summed E-state index contributed by atoms with van der Waals surface area (Å²) in [5, 5.41) is 5.22. The van der Waals surface area contributed by atoms with Gasteiger partial charge in [-0.2, -0.15) is 0 Å². The number of hydrogen-bond donors (Lipinski definition) is 0. The van der Waals surface area contributed by atoms with E-state index in [0.29, 0.717) is 18.0 Å². The largest absolute Gasteiger partial charge is 0.493 e. The summed E-state index contributed by atoms with van der Waals surface area (Å²) in [6.07, 6.45) is 3.70. The van der Waals surface area contributed by atoms with Gasteiger partial charge in [0.1, 0.15) is 0 Å². The van der Waals surface area contributed by atoms with Crippen LogP contribution < -0.4 is 9.47 Å². The minimum absolute atomic E-state index is 0.387. The zero-order valence-electron chi connectivity index (χ0n) is 15.1. The van der Waals surface area contributed by atoms with Crippen molar-refractivity contribution in [1.29, 1.82) is 0 Å². The van der Waals surface area contributed by atoms with Crippen LogP contribution in [-0.2, 0) is 6.42 Å². The molecule has 3 rings (SSSR count). The summed E-state index contributed by atoms with van der Waals surface area (Å²) in [7, 11) is 3.42. The Morgan fingerprint density at radius 3 is 2.39 bits per heavy atom. The molecule has 128 valence electrons. The van der Waals surface area contributed by atoms with Crippen LogP contribution in [0.5, 0.6) is 11.5 Å². The molecule has 2 aliphatic heterocycles. The summed E-state index contributed by atoms with van der Waals surface area (Å²) in [5.74, 6) is 2.38. The number of rotatable bonds is 4. The van der Waals surface area contributed by atoms with Gasteiger partial charge in [0.2, 0.25) is 0 Å². The zero-order valence-corrected chi connectivity index (χ0v) is 15.1. The molecule has 0 aliphatic carbocycles. The Hall–Kier alpha value is -1.26. The minimum atomic E-state index is 0.387. The molecule has 2 heterocycles. The van der Waals surface area contributed by atoms with Crippen molar-refractivity contribution in [2.75, 3.05) is 27.3 Å². The third-order valence-corrected chi connectivity index (χ3v) is 5.52. The van der Waals surface area contributed by atoms with Crippen molar-refractivity contribution >= 4 is 0 Å². The molecule has 0 saturated carbocycles. The quantitative estimate of drug-likeness (QED) is 0.846. The minimum Gasteiger partial charge on any atom is -0.493 e. The number of benzene rings is 1. The van der Waals surface area contributed by atoms with Crippen LogP contribution in [-0.4, -0.2) is 43.4 Å². The molecule has 2 atom stereocenters. The summed E-state index contributed by atoms with van der Waals surface area (Å²) in [6.45, 7) is 9.29. The Balaban J connectivity index is 1.89. The van der Waals surface area contributed by atoms with Crippen LogP contribution in [0, 0.1) is 5.92 Å². The van der Waals surface area contributed by atoms with Crippen LogP contribution in [0.1, 0.15) is 50.8 Å². The second kappa shape index (κ2) is 6.70. The number of ether oxygens (including phenoxy) is 2. The van der Waals surface area contributed by atoms with Gasteiger partial charge in [-0.15, -0.1) is 0 Å². The highest BCUT2D eigenvalue weighted by Gasteiger charge is 2.36. The molecule has 1 aromatic rings. The lowest BCUT2D eigenvalue weighted by Crippen LogP contribution is -2.50. The summed E-state index contributed by atoms with van der Waals surface area (Å²) in [6, 6.07) is 5.40. The highest BCUT2D eigenvalue weighted by molar-refractivity contribution is 5.49. The first-order chi connectivity index (χ1) is 11.1. The number of hydrogen-bond acceptors (Lipinski definition) is 4. The van der Waals surface area contributed by atoms with Gasteiger partial charge in [0.25, 0.3) is 0 Å². The van der Waals surface area contributed by atoms with Crippen molar-refractivity contribution in [3.8, 4) is 11.5 Å². The molecule has 1 aromatic carbocycles. The van der Waals surface area contributed by atoms with E-state index in [1.807, 2.05) is 0 Å². The van der Waals surface area contributed by atoms with E-state index in [1.165, 1.54) is 30.5 Å². The first-order valence-electron chi connectivity index (χ1n) is 8.84. The average Bonchev–Trinajstić information content (AvgIpc) is 3.03. The average molecular weight is 318 g/mol. The summed E-state index contributed by atoms with van der Waals surface area (Å²) < 4.78 is 11.0. The molecule has 1 fully saturated rings. The van der Waals surface area contributed by atoms with E-state index >= 15 is 0 Å². The topological polar surface area (TPSA) is 24.9 Å². The first-order valence-corrected chi connectivity index (χ1v) is 8.84. The third kappa shape index (κ3) is 2.94. The molecule has 0 radical (unpaired) electrons. The van der Waals surface area contributed by atoms with E-state index in [0.717, 1.165) is 24.5 Å². The van der Waals surface area contributed by atoms with Crippen molar-refractivity contribution in [2.24, 2.45) is 5.92 Å². The van der Waals surface area contributed by atoms with Crippen molar-refractivity contribution < 1.29 is 9.47 Å². The highest BCUT2D eigenvalue weighted by Crippen LogP contribution is 2.40. The normalized spacial score (nSPS) is 25.7. The maximum atomic E-state index is 5.51. The molecule has 0 N–H and O–H groups in total. The molecule has 0 aromatic heterocycles. The van der Waals surface area contributed by atoms with E-state index in [9.17, 15) is 0 Å². The second-order valence-corrected chi connectivity index (χ2v) is 7.11. The fourth-order valence-corrected chi connectivity index (χ4v) is 4.26. The van der Waals surface area contributed by atoms with E-state index in [-0.39, 0.29) is 0 Å². The molecular formula is C19H30N2O2. The maximum Gasteiger partial charge on any atom is 0.161 e.